The van der Waals surface area contributed by atoms with Crippen LogP contribution in [-0.2, 0) is 4.79 Å². The number of ether oxygens (including phenoxy) is 1. The van der Waals surface area contributed by atoms with Crippen molar-refractivity contribution in [2.75, 3.05) is 20.2 Å². The number of nitrogens with zero attached hydrogens (tertiary/aromatic N) is 1. The van der Waals surface area contributed by atoms with Gasteiger partial charge in [-0.2, -0.15) is 0 Å². The Morgan fingerprint density at radius 2 is 2.15 bits per heavy atom. The van der Waals surface area contributed by atoms with E-state index in [1.54, 1.807) is 11.9 Å². The lowest BCUT2D eigenvalue weighted by atomic mass is 10.2. The molecule has 0 aliphatic rings. The quantitative estimate of drug-likeness (QED) is 0.761. The molecule has 0 saturated heterocycles. The van der Waals surface area contributed by atoms with Gasteiger partial charge in [0.2, 0.25) is 5.91 Å². The molecule has 0 aromatic heterocycles. The van der Waals surface area contributed by atoms with Crippen LogP contribution in [0.5, 0.6) is 5.75 Å². The number of halogens is 1. The maximum atomic E-state index is 11.8. The van der Waals surface area contributed by atoms with Crippen LogP contribution in [0.1, 0.15) is 18.4 Å². The van der Waals surface area contributed by atoms with Gasteiger partial charge in [-0.25, -0.2) is 0 Å². The molecule has 0 bridgehead atoms. The molecule has 6 heteroatoms. The summed E-state index contributed by atoms with van der Waals surface area (Å²) in [6.45, 7) is 2.90. The maximum Gasteiger partial charge on any atom is 0.225 e. The van der Waals surface area contributed by atoms with Gasteiger partial charge in [-0.15, -0.1) is 0 Å². The van der Waals surface area contributed by atoms with Crippen molar-refractivity contribution >= 4 is 39.0 Å². The minimum Gasteiger partial charge on any atom is -0.493 e. The third-order valence-corrected chi connectivity index (χ3v) is 3.93. The van der Waals surface area contributed by atoms with Gasteiger partial charge < -0.3 is 15.4 Å². The molecule has 20 heavy (non-hydrogen) atoms. The third kappa shape index (κ3) is 5.88. The minimum absolute atomic E-state index is 0.0232. The summed E-state index contributed by atoms with van der Waals surface area (Å²) in [5.74, 6) is 0.791. The Morgan fingerprint density at radius 3 is 2.75 bits per heavy atom. The van der Waals surface area contributed by atoms with Crippen molar-refractivity contribution in [3.8, 4) is 5.75 Å². The second-order valence-corrected chi connectivity index (χ2v) is 5.92. The smallest absolute Gasteiger partial charge is 0.225 e. The lowest BCUT2D eigenvalue weighted by molar-refractivity contribution is -0.130. The highest BCUT2D eigenvalue weighted by Crippen LogP contribution is 2.21. The van der Waals surface area contributed by atoms with Crippen molar-refractivity contribution in [1.82, 2.24) is 4.90 Å². The molecule has 1 amide bonds. The van der Waals surface area contributed by atoms with Gasteiger partial charge in [0.05, 0.1) is 18.0 Å². The van der Waals surface area contributed by atoms with Crippen LogP contribution >= 0.6 is 28.1 Å². The topological polar surface area (TPSA) is 55.6 Å². The maximum absolute atomic E-state index is 11.8. The van der Waals surface area contributed by atoms with Gasteiger partial charge in [0.1, 0.15) is 5.75 Å². The van der Waals surface area contributed by atoms with Crippen LogP contribution in [0.25, 0.3) is 0 Å². The second kappa shape index (κ2) is 8.21. The van der Waals surface area contributed by atoms with Gasteiger partial charge in [0, 0.05) is 24.5 Å². The summed E-state index contributed by atoms with van der Waals surface area (Å²) in [4.78, 5) is 13.9. The highest BCUT2D eigenvalue weighted by molar-refractivity contribution is 9.10. The molecular weight excluding hydrogens is 340 g/mol. The van der Waals surface area contributed by atoms with Crippen molar-refractivity contribution in [2.24, 2.45) is 5.73 Å². The zero-order chi connectivity index (χ0) is 15.1. The van der Waals surface area contributed by atoms with Crippen LogP contribution in [0.4, 0.5) is 0 Å². The Bertz CT molecular complexity index is 494. The van der Waals surface area contributed by atoms with Crippen LogP contribution in [0.15, 0.2) is 22.7 Å². The van der Waals surface area contributed by atoms with Crippen molar-refractivity contribution < 1.29 is 9.53 Å². The summed E-state index contributed by atoms with van der Waals surface area (Å²) >= 11 is 8.22. The number of hydrogen-bond donors (Lipinski definition) is 1. The van der Waals surface area contributed by atoms with Crippen LogP contribution in [-0.4, -0.2) is 36.0 Å². The Morgan fingerprint density at radius 1 is 1.45 bits per heavy atom. The molecule has 1 rings (SSSR count). The summed E-state index contributed by atoms with van der Waals surface area (Å²) in [6.07, 6.45) is 0.882. The summed E-state index contributed by atoms with van der Waals surface area (Å²) in [7, 11) is 1.74. The predicted octanol–water partition coefficient (Wildman–Crippen LogP) is 2.66. The molecule has 0 radical (unpaired) electrons. The largest absolute Gasteiger partial charge is 0.493 e. The molecule has 2 N–H and O–H groups in total. The summed E-state index contributed by atoms with van der Waals surface area (Å²) in [6, 6.07) is 5.74. The van der Waals surface area contributed by atoms with Crippen LogP contribution in [0, 0.1) is 6.92 Å². The fourth-order valence-electron chi connectivity index (χ4n) is 1.56. The van der Waals surface area contributed by atoms with Crippen molar-refractivity contribution in [3.63, 3.8) is 0 Å². The van der Waals surface area contributed by atoms with E-state index < -0.39 is 0 Å². The van der Waals surface area contributed by atoms with E-state index in [-0.39, 0.29) is 5.91 Å². The normalized spacial score (nSPS) is 10.2. The number of nitrogens with two attached hydrogens (primary N) is 1. The number of rotatable bonds is 7. The van der Waals surface area contributed by atoms with E-state index in [9.17, 15) is 4.79 Å². The monoisotopic (exact) mass is 358 g/mol. The van der Waals surface area contributed by atoms with Gasteiger partial charge in [-0.05, 0) is 30.7 Å². The molecule has 1 aromatic carbocycles. The highest BCUT2D eigenvalue weighted by Gasteiger charge is 2.09. The summed E-state index contributed by atoms with van der Waals surface area (Å²) in [5.41, 5.74) is 6.51. The fourth-order valence-corrected chi connectivity index (χ4v) is 1.89. The Labute approximate surface area is 133 Å². The number of aryl methyl sites for hydroxylation is 1. The Hall–Kier alpha value is -1.14. The van der Waals surface area contributed by atoms with Gasteiger partial charge in [0.15, 0.2) is 0 Å². The third-order valence-electron chi connectivity index (χ3n) is 2.83. The Kier molecular flexibility index (Phi) is 6.95. The summed E-state index contributed by atoms with van der Waals surface area (Å²) < 4.78 is 6.61. The molecule has 0 saturated carbocycles. The molecule has 0 unspecified atom stereocenters. The fraction of sp³-hybridized carbons (Fsp3) is 0.429. The first kappa shape index (κ1) is 16.9. The molecule has 0 spiro atoms. The molecule has 0 heterocycles. The first-order valence-corrected chi connectivity index (χ1v) is 7.51. The predicted molar refractivity (Wildman–Crippen MR) is 88.0 cm³/mol. The van der Waals surface area contributed by atoms with E-state index in [0.717, 1.165) is 15.8 Å². The van der Waals surface area contributed by atoms with Gasteiger partial charge in [-0.1, -0.05) is 28.1 Å². The van der Waals surface area contributed by atoms with E-state index in [0.29, 0.717) is 31.0 Å². The number of benzene rings is 1. The molecule has 0 atom stereocenters. The molecule has 4 nitrogen and oxygen atoms in total. The number of carbonyl (C=O) groups excluding carboxylic acids is 1. The van der Waals surface area contributed by atoms with E-state index in [1.165, 1.54) is 0 Å². The van der Waals surface area contributed by atoms with Gasteiger partial charge in [-0.3, -0.25) is 4.79 Å². The summed E-state index contributed by atoms with van der Waals surface area (Å²) in [5, 5.41) is 0. The van der Waals surface area contributed by atoms with E-state index >= 15 is 0 Å². The zero-order valence-corrected chi connectivity index (χ0v) is 14.1. The van der Waals surface area contributed by atoms with E-state index in [4.69, 9.17) is 22.7 Å². The average molecular weight is 359 g/mol. The first-order chi connectivity index (χ1) is 9.40. The molecular formula is C14H19BrN2O2S. The molecule has 0 aliphatic heterocycles. The molecule has 0 aliphatic carbocycles. The zero-order valence-electron chi connectivity index (χ0n) is 11.7. The standard InChI is InChI=1S/C14H19BrN2O2S/c1-10-9-11(3-4-12(10)15)19-8-6-14(18)17(2)7-5-13(16)20/h3-4,9H,5-8H2,1-2H3,(H2,16,20). The second-order valence-electron chi connectivity index (χ2n) is 4.54. The van der Waals surface area contributed by atoms with Crippen LogP contribution < -0.4 is 10.5 Å². The SMILES string of the molecule is Cc1cc(OCCC(=O)N(C)CCC(N)=S)ccc1Br. The number of carbonyl (C=O) groups is 1. The number of hydrogen-bond acceptors (Lipinski definition) is 3. The van der Waals surface area contributed by atoms with Crippen LogP contribution in [0.3, 0.4) is 0 Å². The molecule has 0 fully saturated rings. The Balaban J connectivity index is 2.34. The molecule has 110 valence electrons. The number of thiocarbonyl (C=S) groups is 1. The highest BCUT2D eigenvalue weighted by atomic mass is 79.9. The van der Waals surface area contributed by atoms with Crippen molar-refractivity contribution in [2.45, 2.75) is 19.8 Å². The van der Waals surface area contributed by atoms with Crippen LogP contribution in [0.2, 0.25) is 0 Å². The van der Waals surface area contributed by atoms with E-state index in [2.05, 4.69) is 15.9 Å². The lowest BCUT2D eigenvalue weighted by Crippen LogP contribution is -2.30. The van der Waals surface area contributed by atoms with Crippen molar-refractivity contribution in [3.05, 3.63) is 28.2 Å². The minimum atomic E-state index is 0.0232. The van der Waals surface area contributed by atoms with E-state index in [1.807, 2.05) is 25.1 Å². The average Bonchev–Trinajstić information content (AvgIpc) is 2.39. The van der Waals surface area contributed by atoms with Crippen molar-refractivity contribution in [1.29, 1.82) is 0 Å². The number of amides is 1. The first-order valence-electron chi connectivity index (χ1n) is 6.31. The lowest BCUT2D eigenvalue weighted by Gasteiger charge is -2.17. The van der Waals surface area contributed by atoms with Gasteiger partial charge >= 0.3 is 0 Å². The van der Waals surface area contributed by atoms with Gasteiger partial charge in [0.25, 0.3) is 0 Å². The molecule has 1 aromatic rings.